The van der Waals surface area contributed by atoms with E-state index >= 15 is 0 Å². The summed E-state index contributed by atoms with van der Waals surface area (Å²) < 4.78 is 0. The summed E-state index contributed by atoms with van der Waals surface area (Å²) in [5.41, 5.74) is 1.22. The maximum absolute atomic E-state index is 12.0. The second-order valence-electron chi connectivity index (χ2n) is 4.86. The fourth-order valence-corrected chi connectivity index (χ4v) is 1.95. The number of benzene rings is 1. The van der Waals surface area contributed by atoms with Gasteiger partial charge in [-0.3, -0.25) is 9.59 Å². The summed E-state index contributed by atoms with van der Waals surface area (Å²) in [5, 5.41) is 5.66. The first-order valence-corrected chi connectivity index (χ1v) is 6.25. The monoisotopic (exact) mass is 246 g/mol. The molecule has 0 spiro atoms. The molecule has 2 N–H and O–H groups in total. The molecule has 0 saturated heterocycles. The molecule has 1 fully saturated rings. The van der Waals surface area contributed by atoms with Crippen LogP contribution in [0.3, 0.4) is 0 Å². The van der Waals surface area contributed by atoms with Crippen LogP contribution >= 0.6 is 0 Å². The van der Waals surface area contributed by atoms with Crippen molar-refractivity contribution in [3.05, 3.63) is 29.8 Å². The predicted molar refractivity (Wildman–Crippen MR) is 70.4 cm³/mol. The summed E-state index contributed by atoms with van der Waals surface area (Å²) in [5.74, 6) is 0.410. The number of nitrogens with one attached hydrogen (secondary N) is 2. The van der Waals surface area contributed by atoms with E-state index in [1.54, 1.807) is 24.3 Å². The van der Waals surface area contributed by atoms with Gasteiger partial charge in [0, 0.05) is 24.2 Å². The Bertz CT molecular complexity index is 467. The molecule has 1 saturated carbocycles. The normalized spacial score (nSPS) is 15.9. The number of rotatable bonds is 4. The van der Waals surface area contributed by atoms with Crippen LogP contribution in [0.5, 0.6) is 0 Å². The van der Waals surface area contributed by atoms with Crippen molar-refractivity contribution in [3.8, 4) is 0 Å². The van der Waals surface area contributed by atoms with Gasteiger partial charge in [-0.15, -0.1) is 0 Å². The van der Waals surface area contributed by atoms with Crippen LogP contribution in [0, 0.1) is 5.92 Å². The Morgan fingerprint density at radius 3 is 2.67 bits per heavy atom. The highest BCUT2D eigenvalue weighted by atomic mass is 16.2. The Labute approximate surface area is 107 Å². The highest BCUT2D eigenvalue weighted by Crippen LogP contribution is 2.32. The Morgan fingerprint density at radius 2 is 2.06 bits per heavy atom. The Kier molecular flexibility index (Phi) is 3.65. The zero-order valence-corrected chi connectivity index (χ0v) is 10.7. The average Bonchev–Trinajstić information content (AvgIpc) is 3.12. The molecule has 1 aliphatic rings. The molecule has 0 aliphatic heterocycles. The summed E-state index contributed by atoms with van der Waals surface area (Å²) in [7, 11) is 0. The molecule has 96 valence electrons. The first-order chi connectivity index (χ1) is 8.56. The molecule has 0 unspecified atom stereocenters. The van der Waals surface area contributed by atoms with Gasteiger partial charge in [0.1, 0.15) is 0 Å². The molecule has 4 nitrogen and oxygen atoms in total. The molecule has 2 rings (SSSR count). The quantitative estimate of drug-likeness (QED) is 0.855. The fraction of sp³-hybridized carbons (Fsp3) is 0.429. The van der Waals surface area contributed by atoms with Crippen LogP contribution in [0.2, 0.25) is 0 Å². The molecule has 1 aromatic carbocycles. The van der Waals surface area contributed by atoms with E-state index in [1.807, 2.05) is 6.92 Å². The minimum Gasteiger partial charge on any atom is -0.349 e. The molecule has 1 aromatic rings. The van der Waals surface area contributed by atoms with Crippen LogP contribution in [0.4, 0.5) is 5.69 Å². The summed E-state index contributed by atoms with van der Waals surface area (Å²) >= 11 is 0. The van der Waals surface area contributed by atoms with Gasteiger partial charge in [0.2, 0.25) is 5.91 Å². The van der Waals surface area contributed by atoms with Gasteiger partial charge >= 0.3 is 0 Å². The van der Waals surface area contributed by atoms with Gasteiger partial charge in [-0.05, 0) is 43.9 Å². The highest BCUT2D eigenvalue weighted by molar-refractivity contribution is 5.96. The van der Waals surface area contributed by atoms with Crippen molar-refractivity contribution < 1.29 is 9.59 Å². The zero-order chi connectivity index (χ0) is 13.1. The van der Waals surface area contributed by atoms with Gasteiger partial charge in [-0.25, -0.2) is 0 Å². The second kappa shape index (κ2) is 5.21. The third kappa shape index (κ3) is 3.32. The zero-order valence-electron chi connectivity index (χ0n) is 10.7. The minimum atomic E-state index is -0.140. The topological polar surface area (TPSA) is 58.2 Å². The Balaban J connectivity index is 2.02. The lowest BCUT2D eigenvalue weighted by Crippen LogP contribution is -2.34. The van der Waals surface area contributed by atoms with E-state index in [1.165, 1.54) is 19.8 Å². The molecule has 0 heterocycles. The van der Waals surface area contributed by atoms with Crippen molar-refractivity contribution in [1.29, 1.82) is 0 Å². The van der Waals surface area contributed by atoms with E-state index < -0.39 is 0 Å². The number of hydrogen-bond donors (Lipinski definition) is 2. The molecule has 0 bridgehead atoms. The van der Waals surface area contributed by atoms with Crippen molar-refractivity contribution in [3.63, 3.8) is 0 Å². The van der Waals surface area contributed by atoms with Gasteiger partial charge in [0.25, 0.3) is 5.91 Å². The van der Waals surface area contributed by atoms with Crippen molar-refractivity contribution in [2.45, 2.75) is 32.7 Å². The Morgan fingerprint density at radius 1 is 1.33 bits per heavy atom. The maximum Gasteiger partial charge on any atom is 0.251 e. The minimum absolute atomic E-state index is 0.0818. The van der Waals surface area contributed by atoms with E-state index in [2.05, 4.69) is 10.6 Å². The summed E-state index contributed by atoms with van der Waals surface area (Å²) in [6, 6.07) is 7.20. The van der Waals surface area contributed by atoms with Crippen LogP contribution in [-0.4, -0.2) is 17.9 Å². The highest BCUT2D eigenvalue weighted by Gasteiger charge is 2.29. The van der Waals surface area contributed by atoms with Crippen LogP contribution < -0.4 is 10.6 Å². The lowest BCUT2D eigenvalue weighted by atomic mass is 10.1. The largest absolute Gasteiger partial charge is 0.349 e. The van der Waals surface area contributed by atoms with E-state index in [0.717, 1.165) is 0 Å². The van der Waals surface area contributed by atoms with Gasteiger partial charge in [0.05, 0.1) is 0 Å². The van der Waals surface area contributed by atoms with Crippen molar-refractivity contribution in [2.24, 2.45) is 5.92 Å². The molecule has 0 aromatic heterocycles. The predicted octanol–water partition coefficient (Wildman–Crippen LogP) is 2.17. The molecule has 2 amide bonds. The molecule has 0 radical (unpaired) electrons. The van der Waals surface area contributed by atoms with Gasteiger partial charge < -0.3 is 10.6 Å². The maximum atomic E-state index is 12.0. The van der Waals surface area contributed by atoms with Crippen molar-refractivity contribution in [1.82, 2.24) is 5.32 Å². The molecule has 1 atom stereocenters. The first-order valence-electron chi connectivity index (χ1n) is 6.25. The van der Waals surface area contributed by atoms with Crippen molar-refractivity contribution >= 4 is 17.5 Å². The molecule has 18 heavy (non-hydrogen) atoms. The summed E-state index contributed by atoms with van der Waals surface area (Å²) in [4.78, 5) is 23.0. The fourth-order valence-electron chi connectivity index (χ4n) is 1.95. The van der Waals surface area contributed by atoms with Crippen molar-refractivity contribution in [2.75, 3.05) is 5.32 Å². The number of carbonyl (C=O) groups excluding carboxylic acids is 2. The van der Waals surface area contributed by atoms with Gasteiger partial charge in [-0.1, -0.05) is 6.07 Å². The lowest BCUT2D eigenvalue weighted by molar-refractivity contribution is -0.114. The first kappa shape index (κ1) is 12.6. The summed E-state index contributed by atoms with van der Waals surface area (Å²) in [6.07, 6.45) is 2.40. The van der Waals surface area contributed by atoms with E-state index in [9.17, 15) is 9.59 Å². The second-order valence-corrected chi connectivity index (χ2v) is 4.86. The molecular formula is C14H18N2O2. The lowest BCUT2D eigenvalue weighted by Gasteiger charge is -2.13. The van der Waals surface area contributed by atoms with Crippen LogP contribution in [0.25, 0.3) is 0 Å². The SMILES string of the molecule is CC(=O)Nc1cccc(C(=O)N[C@@H](C)C2CC2)c1. The Hall–Kier alpha value is -1.84. The van der Waals surface area contributed by atoms with Crippen LogP contribution in [0.15, 0.2) is 24.3 Å². The van der Waals surface area contributed by atoms with E-state index in [4.69, 9.17) is 0 Å². The average molecular weight is 246 g/mol. The number of carbonyl (C=O) groups is 2. The van der Waals surface area contributed by atoms with Crippen LogP contribution in [0.1, 0.15) is 37.0 Å². The molecular weight excluding hydrogens is 228 g/mol. The summed E-state index contributed by atoms with van der Waals surface area (Å²) in [6.45, 7) is 3.48. The standard InChI is InChI=1S/C14H18N2O2/c1-9(11-6-7-11)15-14(18)12-4-3-5-13(8-12)16-10(2)17/h3-5,8-9,11H,6-7H2,1-2H3,(H,15,18)(H,16,17)/t9-/m0/s1. The van der Waals surface area contributed by atoms with Crippen LogP contribution in [-0.2, 0) is 4.79 Å². The molecule has 1 aliphatic carbocycles. The van der Waals surface area contributed by atoms with E-state index in [0.29, 0.717) is 17.2 Å². The smallest absolute Gasteiger partial charge is 0.251 e. The van der Waals surface area contributed by atoms with Gasteiger partial charge in [0.15, 0.2) is 0 Å². The third-order valence-corrected chi connectivity index (χ3v) is 3.13. The number of hydrogen-bond acceptors (Lipinski definition) is 2. The van der Waals surface area contributed by atoms with Gasteiger partial charge in [-0.2, -0.15) is 0 Å². The van der Waals surface area contributed by atoms with E-state index in [-0.39, 0.29) is 17.9 Å². The third-order valence-electron chi connectivity index (χ3n) is 3.13. The number of amides is 2. The number of anilines is 1. The molecule has 4 heteroatoms.